The summed E-state index contributed by atoms with van der Waals surface area (Å²) >= 11 is 0. The molecule has 1 N–H and O–H groups in total. The van der Waals surface area contributed by atoms with E-state index in [0.717, 1.165) is 34.3 Å². The zero-order valence-corrected chi connectivity index (χ0v) is 15.8. The maximum atomic E-state index is 12.3. The highest BCUT2D eigenvalue weighted by Gasteiger charge is 2.15. The summed E-state index contributed by atoms with van der Waals surface area (Å²) in [6.45, 7) is 4.65. The van der Waals surface area contributed by atoms with Crippen LogP contribution in [0.2, 0.25) is 0 Å². The number of carbonyl (C=O) groups excluding carboxylic acids is 1. The molecule has 0 radical (unpaired) electrons. The third-order valence-corrected chi connectivity index (χ3v) is 4.43. The molecule has 0 fully saturated rings. The summed E-state index contributed by atoms with van der Waals surface area (Å²) in [7, 11) is 0. The molecule has 4 heteroatoms. The van der Waals surface area contributed by atoms with Crippen molar-refractivity contribution in [3.8, 4) is 11.5 Å². The van der Waals surface area contributed by atoms with E-state index < -0.39 is 6.10 Å². The van der Waals surface area contributed by atoms with Crippen molar-refractivity contribution in [3.05, 3.63) is 72.3 Å². The van der Waals surface area contributed by atoms with Crippen molar-refractivity contribution in [3.63, 3.8) is 0 Å². The van der Waals surface area contributed by atoms with E-state index in [1.807, 2.05) is 54.6 Å². The van der Waals surface area contributed by atoms with E-state index in [-0.39, 0.29) is 5.91 Å². The minimum atomic E-state index is -0.560. The largest absolute Gasteiger partial charge is 0.491 e. The van der Waals surface area contributed by atoms with E-state index in [9.17, 15) is 4.79 Å². The lowest BCUT2D eigenvalue weighted by molar-refractivity contribution is -0.127. The maximum Gasteiger partial charge on any atom is 0.260 e. The van der Waals surface area contributed by atoms with Gasteiger partial charge < -0.3 is 14.8 Å². The molecule has 0 bridgehead atoms. The number of rotatable bonds is 8. The Bertz CT molecular complexity index is 902. The van der Waals surface area contributed by atoms with Crippen molar-refractivity contribution in [2.45, 2.75) is 26.4 Å². The zero-order chi connectivity index (χ0) is 19.1. The van der Waals surface area contributed by atoms with Gasteiger partial charge in [-0.3, -0.25) is 4.79 Å². The van der Waals surface area contributed by atoms with E-state index >= 15 is 0 Å². The molecule has 0 aliphatic carbocycles. The number of fused-ring (bicyclic) bond motifs is 1. The Kier molecular flexibility index (Phi) is 6.31. The molecule has 3 aromatic rings. The number of ether oxygens (including phenoxy) is 2. The van der Waals surface area contributed by atoms with Crippen LogP contribution in [0.1, 0.15) is 19.4 Å². The van der Waals surface area contributed by atoms with Crippen molar-refractivity contribution in [1.29, 1.82) is 0 Å². The van der Waals surface area contributed by atoms with E-state index in [2.05, 4.69) is 24.4 Å². The average Bonchev–Trinajstić information content (AvgIpc) is 2.71. The van der Waals surface area contributed by atoms with Crippen LogP contribution in [0.3, 0.4) is 0 Å². The molecule has 140 valence electrons. The maximum absolute atomic E-state index is 12.3. The van der Waals surface area contributed by atoms with E-state index in [1.54, 1.807) is 6.92 Å². The van der Waals surface area contributed by atoms with Crippen molar-refractivity contribution >= 4 is 16.7 Å². The second kappa shape index (κ2) is 9.08. The number of aryl methyl sites for hydroxylation is 1. The number of carbonyl (C=O) groups is 1. The molecular formula is C23H25NO3. The molecule has 3 aromatic carbocycles. The number of hydrogen-bond acceptors (Lipinski definition) is 3. The van der Waals surface area contributed by atoms with Crippen molar-refractivity contribution in [2.24, 2.45) is 0 Å². The second-order valence-corrected chi connectivity index (χ2v) is 6.34. The molecule has 4 nitrogen and oxygen atoms in total. The fourth-order valence-electron chi connectivity index (χ4n) is 2.96. The topological polar surface area (TPSA) is 47.6 Å². The van der Waals surface area contributed by atoms with Crippen LogP contribution in [-0.2, 0) is 11.2 Å². The normalized spacial score (nSPS) is 11.8. The Labute approximate surface area is 160 Å². The van der Waals surface area contributed by atoms with Gasteiger partial charge in [0.2, 0.25) is 0 Å². The van der Waals surface area contributed by atoms with Crippen LogP contribution in [0.25, 0.3) is 10.8 Å². The number of amides is 1. The molecule has 0 aliphatic heterocycles. The zero-order valence-electron chi connectivity index (χ0n) is 15.8. The van der Waals surface area contributed by atoms with Crippen LogP contribution in [0.4, 0.5) is 0 Å². The molecule has 3 rings (SSSR count). The molecule has 0 aromatic heterocycles. The van der Waals surface area contributed by atoms with Gasteiger partial charge in [0.15, 0.2) is 6.10 Å². The number of benzene rings is 3. The highest BCUT2D eigenvalue weighted by Crippen LogP contribution is 2.25. The lowest BCUT2D eigenvalue weighted by Crippen LogP contribution is -2.38. The Balaban J connectivity index is 1.49. The quantitative estimate of drug-likeness (QED) is 0.605. The van der Waals surface area contributed by atoms with Gasteiger partial charge in [-0.05, 0) is 36.4 Å². The van der Waals surface area contributed by atoms with Gasteiger partial charge in [0.05, 0.1) is 6.54 Å². The smallest absolute Gasteiger partial charge is 0.260 e. The van der Waals surface area contributed by atoms with Crippen molar-refractivity contribution < 1.29 is 14.3 Å². The summed E-state index contributed by atoms with van der Waals surface area (Å²) in [5.41, 5.74) is 1.09. The number of hydrogen-bond donors (Lipinski definition) is 1. The van der Waals surface area contributed by atoms with Crippen LogP contribution in [0, 0.1) is 0 Å². The third-order valence-electron chi connectivity index (χ3n) is 4.43. The number of nitrogens with one attached hydrogen (secondary N) is 1. The number of para-hydroxylation sites is 1. The SMILES string of the molecule is CCc1ccccc1O[C@@H](C)C(=O)NCCOc1cccc2ccccc12. The Morgan fingerprint density at radius 2 is 1.67 bits per heavy atom. The molecular weight excluding hydrogens is 338 g/mol. The van der Waals surface area contributed by atoms with Crippen LogP contribution < -0.4 is 14.8 Å². The standard InChI is InChI=1S/C23H25NO3/c1-3-18-9-5-7-13-21(18)27-17(2)23(25)24-15-16-26-22-14-8-11-19-10-4-6-12-20(19)22/h4-14,17H,3,15-16H2,1-2H3,(H,24,25)/t17-/m0/s1. The summed E-state index contributed by atoms with van der Waals surface area (Å²) < 4.78 is 11.7. The van der Waals surface area contributed by atoms with E-state index in [1.165, 1.54) is 0 Å². The fourth-order valence-corrected chi connectivity index (χ4v) is 2.96. The Morgan fingerprint density at radius 1 is 0.963 bits per heavy atom. The summed E-state index contributed by atoms with van der Waals surface area (Å²) in [6.07, 6.45) is 0.305. The van der Waals surface area contributed by atoms with Crippen molar-refractivity contribution in [1.82, 2.24) is 5.32 Å². The van der Waals surface area contributed by atoms with Crippen molar-refractivity contribution in [2.75, 3.05) is 13.2 Å². The highest BCUT2D eigenvalue weighted by atomic mass is 16.5. The van der Waals surface area contributed by atoms with Gasteiger partial charge in [0, 0.05) is 5.39 Å². The summed E-state index contributed by atoms with van der Waals surface area (Å²) in [5, 5.41) is 5.07. The molecule has 0 saturated carbocycles. The lowest BCUT2D eigenvalue weighted by Gasteiger charge is -2.17. The average molecular weight is 363 g/mol. The lowest BCUT2D eigenvalue weighted by atomic mass is 10.1. The molecule has 0 spiro atoms. The van der Waals surface area contributed by atoms with Crippen LogP contribution in [-0.4, -0.2) is 25.2 Å². The summed E-state index contributed by atoms with van der Waals surface area (Å²) in [6, 6.07) is 21.8. The first-order valence-corrected chi connectivity index (χ1v) is 9.32. The van der Waals surface area contributed by atoms with Gasteiger partial charge in [-0.2, -0.15) is 0 Å². The van der Waals surface area contributed by atoms with Gasteiger partial charge in [0.1, 0.15) is 18.1 Å². The highest BCUT2D eigenvalue weighted by molar-refractivity contribution is 5.88. The van der Waals surface area contributed by atoms with Gasteiger partial charge in [-0.15, -0.1) is 0 Å². The molecule has 0 unspecified atom stereocenters. The van der Waals surface area contributed by atoms with Gasteiger partial charge in [0.25, 0.3) is 5.91 Å². The first-order chi connectivity index (χ1) is 13.2. The predicted octanol–water partition coefficient (Wildman–Crippen LogP) is 4.36. The van der Waals surface area contributed by atoms with E-state index in [4.69, 9.17) is 9.47 Å². The van der Waals surface area contributed by atoms with Crippen LogP contribution in [0.5, 0.6) is 11.5 Å². The minimum Gasteiger partial charge on any atom is -0.491 e. The molecule has 1 atom stereocenters. The van der Waals surface area contributed by atoms with Gasteiger partial charge in [-0.1, -0.05) is 61.5 Å². The second-order valence-electron chi connectivity index (χ2n) is 6.34. The summed E-state index contributed by atoms with van der Waals surface area (Å²) in [4.78, 5) is 12.3. The Hall–Kier alpha value is -3.01. The third kappa shape index (κ3) is 4.79. The van der Waals surface area contributed by atoms with Gasteiger partial charge in [-0.25, -0.2) is 0 Å². The predicted molar refractivity (Wildman–Crippen MR) is 108 cm³/mol. The van der Waals surface area contributed by atoms with Crippen LogP contribution in [0.15, 0.2) is 66.7 Å². The van der Waals surface area contributed by atoms with E-state index in [0.29, 0.717) is 13.2 Å². The Morgan fingerprint density at radius 3 is 2.52 bits per heavy atom. The first-order valence-electron chi connectivity index (χ1n) is 9.32. The minimum absolute atomic E-state index is 0.151. The summed E-state index contributed by atoms with van der Waals surface area (Å²) in [5.74, 6) is 1.43. The molecule has 0 aliphatic rings. The van der Waals surface area contributed by atoms with Gasteiger partial charge >= 0.3 is 0 Å². The molecule has 1 amide bonds. The molecule has 27 heavy (non-hydrogen) atoms. The van der Waals surface area contributed by atoms with Crippen LogP contribution >= 0.6 is 0 Å². The fraction of sp³-hybridized carbons (Fsp3) is 0.261. The molecule has 0 saturated heterocycles. The first kappa shape index (κ1) is 18.8. The molecule has 0 heterocycles. The monoisotopic (exact) mass is 363 g/mol.